The molecule has 0 radical (unpaired) electrons. The second-order valence-electron chi connectivity index (χ2n) is 5.37. The zero-order chi connectivity index (χ0) is 14.8. The SMILES string of the molecule is CCCCC1CNC(=O)c2cc(-c3ccc(Cl)cc3)nn21. The summed E-state index contributed by atoms with van der Waals surface area (Å²) in [5, 5.41) is 8.29. The fourth-order valence-electron chi connectivity index (χ4n) is 2.66. The summed E-state index contributed by atoms with van der Waals surface area (Å²) in [5.74, 6) is -0.0459. The van der Waals surface area contributed by atoms with Gasteiger partial charge in [-0.25, -0.2) is 0 Å². The van der Waals surface area contributed by atoms with Crippen molar-refractivity contribution in [1.82, 2.24) is 15.1 Å². The van der Waals surface area contributed by atoms with Gasteiger partial charge in [0.05, 0.1) is 11.7 Å². The standard InChI is InChI=1S/C16H18ClN3O/c1-2-3-4-13-10-18-16(21)15-9-14(19-20(13)15)11-5-7-12(17)8-6-11/h5-9,13H,2-4,10H2,1H3,(H,18,21). The molecule has 1 aliphatic heterocycles. The molecule has 3 rings (SSSR count). The Morgan fingerprint density at radius 1 is 1.38 bits per heavy atom. The van der Waals surface area contributed by atoms with Crippen molar-refractivity contribution >= 4 is 17.5 Å². The van der Waals surface area contributed by atoms with Crippen molar-refractivity contribution in [2.24, 2.45) is 0 Å². The molecule has 21 heavy (non-hydrogen) atoms. The van der Waals surface area contributed by atoms with Crippen molar-refractivity contribution in [3.8, 4) is 11.3 Å². The van der Waals surface area contributed by atoms with Gasteiger partial charge in [-0.1, -0.05) is 43.5 Å². The number of nitrogens with zero attached hydrogens (tertiary/aromatic N) is 2. The van der Waals surface area contributed by atoms with E-state index in [0.717, 1.165) is 30.5 Å². The van der Waals surface area contributed by atoms with Gasteiger partial charge in [0.15, 0.2) is 0 Å². The smallest absolute Gasteiger partial charge is 0.269 e. The first-order valence-electron chi connectivity index (χ1n) is 7.32. The first kappa shape index (κ1) is 14.1. The third kappa shape index (κ3) is 2.81. The summed E-state index contributed by atoms with van der Waals surface area (Å²) >= 11 is 5.91. The number of aromatic nitrogens is 2. The molecule has 1 amide bonds. The van der Waals surface area contributed by atoms with E-state index < -0.39 is 0 Å². The number of hydrogen-bond donors (Lipinski definition) is 1. The molecule has 1 aliphatic rings. The number of nitrogens with one attached hydrogen (secondary N) is 1. The van der Waals surface area contributed by atoms with Crippen LogP contribution in [-0.2, 0) is 0 Å². The minimum Gasteiger partial charge on any atom is -0.349 e. The molecule has 2 aromatic rings. The van der Waals surface area contributed by atoms with Crippen molar-refractivity contribution in [3.63, 3.8) is 0 Å². The van der Waals surface area contributed by atoms with Crippen molar-refractivity contribution in [2.45, 2.75) is 32.2 Å². The van der Waals surface area contributed by atoms with E-state index in [1.54, 1.807) is 0 Å². The maximum atomic E-state index is 12.0. The summed E-state index contributed by atoms with van der Waals surface area (Å²) in [4.78, 5) is 12.0. The van der Waals surface area contributed by atoms with E-state index in [-0.39, 0.29) is 11.9 Å². The molecular formula is C16H18ClN3O. The molecule has 0 fully saturated rings. The third-order valence-electron chi connectivity index (χ3n) is 3.84. The van der Waals surface area contributed by atoms with Crippen LogP contribution in [0.25, 0.3) is 11.3 Å². The maximum absolute atomic E-state index is 12.0. The monoisotopic (exact) mass is 303 g/mol. The molecule has 4 nitrogen and oxygen atoms in total. The summed E-state index contributed by atoms with van der Waals surface area (Å²) in [5.41, 5.74) is 2.44. The van der Waals surface area contributed by atoms with E-state index in [4.69, 9.17) is 11.6 Å². The molecule has 0 bridgehead atoms. The van der Waals surface area contributed by atoms with Gasteiger partial charge in [0.2, 0.25) is 0 Å². The van der Waals surface area contributed by atoms with E-state index in [2.05, 4.69) is 17.3 Å². The molecule has 0 aliphatic carbocycles. The quantitative estimate of drug-likeness (QED) is 0.936. The molecule has 1 N–H and O–H groups in total. The van der Waals surface area contributed by atoms with Gasteiger partial charge in [-0.05, 0) is 24.6 Å². The van der Waals surface area contributed by atoms with E-state index >= 15 is 0 Å². The molecule has 2 heterocycles. The summed E-state index contributed by atoms with van der Waals surface area (Å²) < 4.78 is 1.89. The zero-order valence-electron chi connectivity index (χ0n) is 12.0. The average Bonchev–Trinajstić information content (AvgIpc) is 2.93. The van der Waals surface area contributed by atoms with E-state index in [9.17, 15) is 4.79 Å². The normalized spacial score (nSPS) is 17.4. The first-order chi connectivity index (χ1) is 10.2. The highest BCUT2D eigenvalue weighted by Crippen LogP contribution is 2.26. The second kappa shape index (κ2) is 5.90. The Morgan fingerprint density at radius 3 is 2.86 bits per heavy atom. The molecule has 1 unspecified atom stereocenters. The van der Waals surface area contributed by atoms with E-state index in [1.807, 2.05) is 35.0 Å². The van der Waals surface area contributed by atoms with Crippen LogP contribution < -0.4 is 5.32 Å². The molecule has 1 aromatic heterocycles. The Kier molecular flexibility index (Phi) is 3.97. The van der Waals surface area contributed by atoms with Crippen molar-refractivity contribution in [1.29, 1.82) is 0 Å². The fourth-order valence-corrected chi connectivity index (χ4v) is 2.78. The van der Waals surface area contributed by atoms with Crippen LogP contribution in [0.5, 0.6) is 0 Å². The Morgan fingerprint density at radius 2 is 2.14 bits per heavy atom. The average molecular weight is 304 g/mol. The molecule has 0 saturated heterocycles. The van der Waals surface area contributed by atoms with Crippen LogP contribution in [0.3, 0.4) is 0 Å². The zero-order valence-corrected chi connectivity index (χ0v) is 12.7. The van der Waals surface area contributed by atoms with Crippen LogP contribution >= 0.6 is 11.6 Å². The number of rotatable bonds is 4. The minimum atomic E-state index is -0.0459. The van der Waals surface area contributed by atoms with Crippen LogP contribution in [0.1, 0.15) is 42.7 Å². The van der Waals surface area contributed by atoms with Crippen LogP contribution in [0.4, 0.5) is 0 Å². The molecule has 110 valence electrons. The van der Waals surface area contributed by atoms with Crippen LogP contribution in [0.15, 0.2) is 30.3 Å². The lowest BCUT2D eigenvalue weighted by molar-refractivity contribution is 0.0906. The number of fused-ring (bicyclic) bond motifs is 1. The molecule has 0 saturated carbocycles. The largest absolute Gasteiger partial charge is 0.349 e. The van der Waals surface area contributed by atoms with E-state index in [0.29, 0.717) is 17.3 Å². The minimum absolute atomic E-state index is 0.0459. The molecule has 0 spiro atoms. The Hall–Kier alpha value is -1.81. The van der Waals surface area contributed by atoms with Gasteiger partial charge < -0.3 is 5.32 Å². The number of halogens is 1. The Labute approximate surface area is 129 Å². The molecule has 1 aromatic carbocycles. The second-order valence-corrected chi connectivity index (χ2v) is 5.81. The highest BCUT2D eigenvalue weighted by Gasteiger charge is 2.26. The summed E-state index contributed by atoms with van der Waals surface area (Å²) in [6.45, 7) is 2.83. The highest BCUT2D eigenvalue weighted by molar-refractivity contribution is 6.30. The van der Waals surface area contributed by atoms with Crippen LogP contribution in [-0.4, -0.2) is 22.2 Å². The van der Waals surface area contributed by atoms with E-state index in [1.165, 1.54) is 0 Å². The number of unbranched alkanes of at least 4 members (excludes halogenated alkanes) is 1. The maximum Gasteiger partial charge on any atom is 0.269 e. The summed E-state index contributed by atoms with van der Waals surface area (Å²) in [6.07, 6.45) is 3.31. The molecule has 1 atom stereocenters. The molecular weight excluding hydrogens is 286 g/mol. The number of benzene rings is 1. The van der Waals surface area contributed by atoms with Gasteiger partial charge in [-0.15, -0.1) is 0 Å². The van der Waals surface area contributed by atoms with Gasteiger partial charge in [0.25, 0.3) is 5.91 Å². The van der Waals surface area contributed by atoms with Gasteiger partial charge >= 0.3 is 0 Å². The summed E-state index contributed by atoms with van der Waals surface area (Å²) in [6, 6.07) is 9.63. The van der Waals surface area contributed by atoms with Crippen molar-refractivity contribution in [3.05, 3.63) is 41.0 Å². The number of amides is 1. The van der Waals surface area contributed by atoms with Gasteiger partial charge in [-0.3, -0.25) is 9.48 Å². The van der Waals surface area contributed by atoms with Gasteiger partial charge in [0.1, 0.15) is 5.69 Å². The van der Waals surface area contributed by atoms with Crippen LogP contribution in [0, 0.1) is 0 Å². The van der Waals surface area contributed by atoms with Crippen molar-refractivity contribution < 1.29 is 4.79 Å². The van der Waals surface area contributed by atoms with Gasteiger partial charge in [-0.2, -0.15) is 5.10 Å². The third-order valence-corrected chi connectivity index (χ3v) is 4.10. The summed E-state index contributed by atoms with van der Waals surface area (Å²) in [7, 11) is 0. The predicted octanol–water partition coefficient (Wildman–Crippen LogP) is 3.68. The Bertz CT molecular complexity index is 648. The number of hydrogen-bond acceptors (Lipinski definition) is 2. The Balaban J connectivity index is 1.95. The first-order valence-corrected chi connectivity index (χ1v) is 7.70. The fraction of sp³-hybridized carbons (Fsp3) is 0.375. The lowest BCUT2D eigenvalue weighted by Gasteiger charge is -2.24. The topological polar surface area (TPSA) is 46.9 Å². The number of carbonyl (C=O) groups excluding carboxylic acids is 1. The highest BCUT2D eigenvalue weighted by atomic mass is 35.5. The van der Waals surface area contributed by atoms with Crippen molar-refractivity contribution in [2.75, 3.05) is 6.54 Å². The van der Waals surface area contributed by atoms with Gasteiger partial charge in [0, 0.05) is 17.1 Å². The lowest BCUT2D eigenvalue weighted by atomic mass is 10.1. The predicted molar refractivity (Wildman–Crippen MR) is 83.6 cm³/mol. The lowest BCUT2D eigenvalue weighted by Crippen LogP contribution is -2.39. The van der Waals surface area contributed by atoms with Crippen LogP contribution in [0.2, 0.25) is 5.02 Å². The molecule has 5 heteroatoms. The number of carbonyl (C=O) groups is 1.